The van der Waals surface area contributed by atoms with E-state index in [-0.39, 0.29) is 12.2 Å². The number of nitrogens with one attached hydrogen (secondary N) is 1. The van der Waals surface area contributed by atoms with Crippen LogP contribution in [0.15, 0.2) is 47.5 Å². The van der Waals surface area contributed by atoms with Gasteiger partial charge in [-0.2, -0.15) is 13.2 Å². The van der Waals surface area contributed by atoms with Crippen LogP contribution in [-0.4, -0.2) is 48.3 Å². The summed E-state index contributed by atoms with van der Waals surface area (Å²) >= 11 is 0. The van der Waals surface area contributed by atoms with Crippen molar-refractivity contribution in [3.63, 3.8) is 0 Å². The van der Waals surface area contributed by atoms with Gasteiger partial charge < -0.3 is 10.2 Å². The van der Waals surface area contributed by atoms with E-state index < -0.39 is 37.7 Å². The highest BCUT2D eigenvalue weighted by atomic mass is 32.2. The van der Waals surface area contributed by atoms with Crippen molar-refractivity contribution >= 4 is 33.3 Å². The van der Waals surface area contributed by atoms with Crippen LogP contribution in [0, 0.1) is 0 Å². The Morgan fingerprint density at radius 3 is 2.32 bits per heavy atom. The van der Waals surface area contributed by atoms with Crippen LogP contribution < -0.4 is 10.2 Å². The van der Waals surface area contributed by atoms with Gasteiger partial charge in [0, 0.05) is 19.8 Å². The highest BCUT2D eigenvalue weighted by molar-refractivity contribution is 7.92. The van der Waals surface area contributed by atoms with Crippen LogP contribution in [0.3, 0.4) is 0 Å². The van der Waals surface area contributed by atoms with Gasteiger partial charge in [-0.3, -0.25) is 4.79 Å². The first-order valence-electron chi connectivity index (χ1n) is 9.21. The Morgan fingerprint density at radius 1 is 1.13 bits per heavy atom. The van der Waals surface area contributed by atoms with E-state index in [0.717, 1.165) is 34.7 Å². The molecule has 4 rings (SSSR count). The minimum atomic E-state index is -5.52. The molecular formula is C19H17F3N4O4S. The number of benzene rings is 1. The van der Waals surface area contributed by atoms with Crippen molar-refractivity contribution < 1.29 is 31.2 Å². The summed E-state index contributed by atoms with van der Waals surface area (Å²) < 4.78 is 61.3. The largest absolute Gasteiger partial charge is 0.501 e. The molecule has 2 aromatic rings. The SMILES string of the molecule is CNc1cc(CN2C(=O)N(c3ccc(S(=O)(=O)C(F)(F)F)cc3)C(=O)C23CC3)ccn1. The number of carbonyl (C=O) groups excluding carboxylic acids is 2. The number of sulfone groups is 1. The molecule has 1 saturated carbocycles. The van der Waals surface area contributed by atoms with E-state index in [9.17, 15) is 31.2 Å². The van der Waals surface area contributed by atoms with Crippen LogP contribution in [0.5, 0.6) is 0 Å². The van der Waals surface area contributed by atoms with E-state index in [2.05, 4.69) is 10.3 Å². The Morgan fingerprint density at radius 2 is 1.77 bits per heavy atom. The second-order valence-electron chi connectivity index (χ2n) is 7.28. The number of halogens is 3. The fourth-order valence-corrected chi connectivity index (χ4v) is 4.32. The van der Waals surface area contributed by atoms with Gasteiger partial charge in [-0.1, -0.05) is 0 Å². The number of pyridine rings is 1. The quantitative estimate of drug-likeness (QED) is 0.698. The van der Waals surface area contributed by atoms with Crippen LogP contribution >= 0.6 is 0 Å². The molecule has 164 valence electrons. The Labute approximate surface area is 175 Å². The van der Waals surface area contributed by atoms with E-state index in [1.807, 2.05) is 0 Å². The van der Waals surface area contributed by atoms with Crippen LogP contribution in [0.25, 0.3) is 0 Å². The van der Waals surface area contributed by atoms with Crippen molar-refractivity contribution in [1.29, 1.82) is 0 Å². The molecule has 12 heteroatoms. The molecule has 1 aromatic heterocycles. The molecule has 1 saturated heterocycles. The molecule has 0 bridgehead atoms. The van der Waals surface area contributed by atoms with Gasteiger partial charge in [-0.05, 0) is 54.8 Å². The Bertz CT molecular complexity index is 1160. The molecule has 31 heavy (non-hydrogen) atoms. The first-order chi connectivity index (χ1) is 14.5. The number of anilines is 2. The first kappa shape index (κ1) is 21.1. The summed E-state index contributed by atoms with van der Waals surface area (Å²) in [5.41, 5.74) is -5.67. The molecule has 8 nitrogen and oxygen atoms in total. The third-order valence-electron chi connectivity index (χ3n) is 5.39. The lowest BCUT2D eigenvalue weighted by molar-refractivity contribution is -0.120. The van der Waals surface area contributed by atoms with Gasteiger partial charge in [0.15, 0.2) is 0 Å². The van der Waals surface area contributed by atoms with E-state index >= 15 is 0 Å². The summed E-state index contributed by atoms with van der Waals surface area (Å²) in [6.45, 7) is 0.152. The van der Waals surface area contributed by atoms with Crippen LogP contribution in [0.4, 0.5) is 29.5 Å². The zero-order valence-electron chi connectivity index (χ0n) is 16.2. The number of hydrogen-bond acceptors (Lipinski definition) is 6. The van der Waals surface area contributed by atoms with Crippen LogP contribution in [0.1, 0.15) is 18.4 Å². The summed E-state index contributed by atoms with van der Waals surface area (Å²) in [7, 11) is -3.83. The standard InChI is InChI=1S/C19H17F3N4O4S/c1-23-15-10-12(6-9-24-15)11-25-17(28)26(16(27)18(25)7-8-18)13-2-4-14(5-3-13)31(29,30)19(20,21)22/h2-6,9-10H,7-8,11H2,1H3,(H,23,24). The number of nitrogens with zero attached hydrogens (tertiary/aromatic N) is 3. The number of amides is 3. The molecule has 2 aliphatic rings. The molecule has 0 atom stereocenters. The number of imide groups is 1. The second-order valence-corrected chi connectivity index (χ2v) is 9.22. The maximum Gasteiger partial charge on any atom is 0.501 e. The lowest BCUT2D eigenvalue weighted by Gasteiger charge is -2.21. The van der Waals surface area contributed by atoms with Crippen molar-refractivity contribution in [2.45, 2.75) is 35.3 Å². The highest BCUT2D eigenvalue weighted by Crippen LogP contribution is 2.49. The maximum absolute atomic E-state index is 13.1. The predicted octanol–water partition coefficient (Wildman–Crippen LogP) is 2.92. The van der Waals surface area contributed by atoms with Gasteiger partial charge in [-0.15, -0.1) is 0 Å². The molecule has 1 aliphatic heterocycles. The van der Waals surface area contributed by atoms with Gasteiger partial charge in [0.25, 0.3) is 15.7 Å². The molecule has 1 spiro atoms. The summed E-state index contributed by atoms with van der Waals surface area (Å²) in [5.74, 6) is 0.116. The maximum atomic E-state index is 13.1. The van der Waals surface area contributed by atoms with Gasteiger partial charge in [0.05, 0.1) is 10.6 Å². The summed E-state index contributed by atoms with van der Waals surface area (Å²) in [5, 5.41) is 2.89. The molecule has 0 radical (unpaired) electrons. The zero-order valence-corrected chi connectivity index (χ0v) is 17.0. The number of aromatic nitrogens is 1. The minimum absolute atomic E-state index is 0.00976. The monoisotopic (exact) mass is 454 g/mol. The molecule has 2 fully saturated rings. The van der Waals surface area contributed by atoms with Crippen molar-refractivity contribution in [3.05, 3.63) is 48.2 Å². The Hall–Kier alpha value is -3.15. The van der Waals surface area contributed by atoms with E-state index in [0.29, 0.717) is 18.7 Å². The number of hydrogen-bond donors (Lipinski definition) is 1. The number of carbonyl (C=O) groups is 2. The number of rotatable bonds is 5. The summed E-state index contributed by atoms with van der Waals surface area (Å²) in [6.07, 6.45) is 2.51. The van der Waals surface area contributed by atoms with Crippen molar-refractivity contribution in [2.24, 2.45) is 0 Å². The predicted molar refractivity (Wildman–Crippen MR) is 104 cm³/mol. The lowest BCUT2D eigenvalue weighted by Crippen LogP contribution is -2.36. The van der Waals surface area contributed by atoms with E-state index in [1.54, 1.807) is 25.4 Å². The molecule has 1 N–H and O–H groups in total. The average Bonchev–Trinajstić information content (AvgIpc) is 3.50. The highest BCUT2D eigenvalue weighted by Gasteiger charge is 2.65. The average molecular weight is 454 g/mol. The topological polar surface area (TPSA) is 99.7 Å². The molecule has 3 amide bonds. The van der Waals surface area contributed by atoms with Crippen LogP contribution in [0.2, 0.25) is 0 Å². The summed E-state index contributed by atoms with van der Waals surface area (Å²) in [6, 6.07) is 6.38. The smallest absolute Gasteiger partial charge is 0.373 e. The van der Waals surface area contributed by atoms with Gasteiger partial charge in [-0.25, -0.2) is 23.1 Å². The Balaban J connectivity index is 1.63. The molecular weight excluding hydrogens is 437 g/mol. The fraction of sp³-hybridized carbons (Fsp3) is 0.316. The molecule has 1 aromatic carbocycles. The van der Waals surface area contributed by atoms with E-state index in [4.69, 9.17) is 0 Å². The third-order valence-corrected chi connectivity index (χ3v) is 6.90. The number of alkyl halides is 3. The normalized spacial score (nSPS) is 18.1. The Kier molecular flexibility index (Phi) is 4.72. The van der Waals surface area contributed by atoms with E-state index in [1.165, 1.54) is 4.90 Å². The van der Waals surface area contributed by atoms with Gasteiger partial charge in [0.2, 0.25) is 0 Å². The zero-order chi connectivity index (χ0) is 22.6. The van der Waals surface area contributed by atoms with Crippen molar-refractivity contribution in [2.75, 3.05) is 17.3 Å². The fourth-order valence-electron chi connectivity index (χ4n) is 3.56. The van der Waals surface area contributed by atoms with Gasteiger partial charge >= 0.3 is 11.5 Å². The second kappa shape index (κ2) is 6.94. The van der Waals surface area contributed by atoms with Crippen LogP contribution in [-0.2, 0) is 21.2 Å². The summed E-state index contributed by atoms with van der Waals surface area (Å²) in [4.78, 5) is 31.5. The van der Waals surface area contributed by atoms with Crippen molar-refractivity contribution in [3.8, 4) is 0 Å². The molecule has 0 unspecified atom stereocenters. The van der Waals surface area contributed by atoms with Gasteiger partial charge in [0.1, 0.15) is 11.4 Å². The minimum Gasteiger partial charge on any atom is -0.373 e. The molecule has 1 aliphatic carbocycles. The van der Waals surface area contributed by atoms with Crippen molar-refractivity contribution in [1.82, 2.24) is 9.88 Å². The number of urea groups is 1. The lowest BCUT2D eigenvalue weighted by atomic mass is 10.2. The first-order valence-corrected chi connectivity index (χ1v) is 10.7. The third kappa shape index (κ3) is 3.30. The molecule has 2 heterocycles.